The van der Waals surface area contributed by atoms with Crippen LogP contribution in [0.4, 0.5) is 0 Å². The summed E-state index contributed by atoms with van der Waals surface area (Å²) in [6.45, 7) is 11.8. The molecule has 0 spiro atoms. The van der Waals surface area contributed by atoms with Crippen molar-refractivity contribution in [3.8, 4) is 0 Å². The third-order valence-corrected chi connectivity index (χ3v) is 6.75. The van der Waals surface area contributed by atoms with Crippen LogP contribution in [-0.4, -0.2) is 26.1 Å². The Morgan fingerprint density at radius 3 is 1.25 bits per heavy atom. The van der Waals surface area contributed by atoms with Crippen molar-refractivity contribution >= 4 is 14.7 Å². The Labute approximate surface area is 54.8 Å². The molecule has 0 aliphatic heterocycles. The fourth-order valence-electron chi connectivity index (χ4n) is 0. The summed E-state index contributed by atoms with van der Waals surface area (Å²) in [7, 11) is 1.55. The van der Waals surface area contributed by atoms with E-state index in [9.17, 15) is 0 Å². The van der Waals surface area contributed by atoms with Crippen LogP contribution < -0.4 is 0 Å². The molecule has 0 aromatic carbocycles. The monoisotopic (exact) mass is 132 g/mol. The molecular formula is C6H18BP. The first-order chi connectivity index (χ1) is 3.25. The van der Waals surface area contributed by atoms with Gasteiger partial charge in [-0.15, -0.1) is 0 Å². The van der Waals surface area contributed by atoms with Crippen molar-refractivity contribution in [2.75, 3.05) is 13.3 Å². The van der Waals surface area contributed by atoms with Crippen molar-refractivity contribution < 1.29 is 0 Å². The molecule has 0 amide bonds. The summed E-state index contributed by atoms with van der Waals surface area (Å²) in [5.74, 6) is 0. The van der Waals surface area contributed by atoms with E-state index in [4.69, 9.17) is 0 Å². The molecule has 0 radical (unpaired) electrons. The van der Waals surface area contributed by atoms with Gasteiger partial charge in [-0.1, -0.05) is 0 Å². The van der Waals surface area contributed by atoms with Crippen LogP contribution in [0.25, 0.3) is 0 Å². The van der Waals surface area contributed by atoms with E-state index in [-0.39, 0.29) is 0 Å². The minimum atomic E-state index is -0.859. The summed E-state index contributed by atoms with van der Waals surface area (Å²) in [6, 6.07) is 0. The van der Waals surface area contributed by atoms with Crippen molar-refractivity contribution in [3.05, 3.63) is 0 Å². The second-order valence-electron chi connectivity index (χ2n) is 4.50. The van der Waals surface area contributed by atoms with Gasteiger partial charge in [0.2, 0.25) is 0 Å². The van der Waals surface area contributed by atoms with Gasteiger partial charge in [-0.05, 0) is 0 Å². The van der Waals surface area contributed by atoms with Crippen LogP contribution in [0.2, 0.25) is 0 Å². The first-order valence-electron chi connectivity index (χ1n) is 3.25. The van der Waals surface area contributed by atoms with Crippen LogP contribution in [0.3, 0.4) is 0 Å². The van der Waals surface area contributed by atoms with Crippen molar-refractivity contribution in [2.45, 2.75) is 25.9 Å². The Morgan fingerprint density at radius 2 is 1.25 bits per heavy atom. The van der Waals surface area contributed by atoms with Gasteiger partial charge in [0.1, 0.15) is 0 Å². The molecule has 2 heteroatoms. The minimum absolute atomic E-state index is 0.576. The maximum atomic E-state index is 2.41. The first-order valence-corrected chi connectivity index (χ1v) is 6.75. The molecule has 0 bridgehead atoms. The van der Waals surface area contributed by atoms with Crippen LogP contribution in [-0.2, 0) is 0 Å². The molecule has 0 saturated carbocycles. The molecule has 8 heavy (non-hydrogen) atoms. The number of hydrogen-bond acceptors (Lipinski definition) is 0. The second kappa shape index (κ2) is 2.03. The molecule has 0 rings (SSSR count). The molecule has 0 aromatic heterocycles. The van der Waals surface area contributed by atoms with Crippen LogP contribution in [0.1, 0.15) is 20.8 Å². The van der Waals surface area contributed by atoms with Crippen LogP contribution in [0.15, 0.2) is 0 Å². The molecule has 0 unspecified atom stereocenters. The van der Waals surface area contributed by atoms with Crippen LogP contribution >= 0.6 is 7.14 Å². The molecule has 0 aliphatic carbocycles. The third kappa shape index (κ3) is 2.18. The fraction of sp³-hybridized carbons (Fsp3) is 1.00. The van der Waals surface area contributed by atoms with Gasteiger partial charge >= 0.3 is 54.0 Å². The third-order valence-electron chi connectivity index (χ3n) is 2.25. The normalized spacial score (nSPS) is 16.1. The van der Waals surface area contributed by atoms with E-state index in [0.717, 1.165) is 0 Å². The van der Waals surface area contributed by atoms with Gasteiger partial charge < -0.3 is 0 Å². The maximum absolute atomic E-state index is 2.41. The quantitative estimate of drug-likeness (QED) is 0.344. The van der Waals surface area contributed by atoms with Gasteiger partial charge in [0, 0.05) is 0 Å². The molecule has 0 saturated heterocycles. The molecule has 50 valence electrons. The summed E-state index contributed by atoms with van der Waals surface area (Å²) >= 11 is 0. The number of hydrogen-bond donors (Lipinski definition) is 0. The van der Waals surface area contributed by atoms with Crippen molar-refractivity contribution in [3.63, 3.8) is 0 Å². The summed E-state index contributed by atoms with van der Waals surface area (Å²) in [4.78, 5) is 0. The summed E-state index contributed by atoms with van der Waals surface area (Å²) in [5, 5.41) is 0.576. The van der Waals surface area contributed by atoms with E-state index in [1.54, 1.807) is 0 Å². The number of rotatable bonds is 0. The summed E-state index contributed by atoms with van der Waals surface area (Å²) < 4.78 is 0. The molecular weight excluding hydrogens is 114 g/mol. The SMILES string of the molecule is B[PH](C)(C)C(C)(C)C. The zero-order valence-corrected chi connectivity index (χ0v) is 8.00. The van der Waals surface area contributed by atoms with Gasteiger partial charge in [0.15, 0.2) is 0 Å². The first kappa shape index (κ1) is 8.49. The molecule has 0 heterocycles. The average Bonchev–Trinajstić information content (AvgIpc) is 1.25. The standard InChI is InChI=1S/C6H18BP/c1-6(2,3)8(4,5)7/h8H,7H2,1-5H3. The molecule has 0 nitrogen and oxygen atoms in total. The van der Waals surface area contributed by atoms with E-state index < -0.39 is 7.14 Å². The van der Waals surface area contributed by atoms with E-state index in [1.165, 1.54) is 0 Å². The Hall–Kier alpha value is 0.495. The molecule has 0 aliphatic rings. The Kier molecular flexibility index (Phi) is 2.15. The van der Waals surface area contributed by atoms with E-state index in [0.29, 0.717) is 5.16 Å². The predicted octanol–water partition coefficient (Wildman–Crippen LogP) is 1.34. The van der Waals surface area contributed by atoms with Crippen molar-refractivity contribution in [1.82, 2.24) is 0 Å². The van der Waals surface area contributed by atoms with E-state index >= 15 is 0 Å². The van der Waals surface area contributed by atoms with Crippen molar-refractivity contribution in [2.24, 2.45) is 0 Å². The zero-order valence-electron chi connectivity index (χ0n) is 7.00. The second-order valence-corrected chi connectivity index (χ2v) is 10.5. The predicted molar refractivity (Wildman–Crippen MR) is 48.5 cm³/mol. The zero-order chi connectivity index (χ0) is 7.00. The van der Waals surface area contributed by atoms with Crippen LogP contribution in [0.5, 0.6) is 0 Å². The van der Waals surface area contributed by atoms with Crippen LogP contribution in [0, 0.1) is 0 Å². The Bertz CT molecular complexity index is 63.5. The topological polar surface area (TPSA) is 0 Å². The molecule has 0 N–H and O–H groups in total. The van der Waals surface area contributed by atoms with E-state index in [1.807, 2.05) is 0 Å². The average molecular weight is 132 g/mol. The van der Waals surface area contributed by atoms with Crippen molar-refractivity contribution in [1.29, 1.82) is 0 Å². The van der Waals surface area contributed by atoms with Gasteiger partial charge in [-0.2, -0.15) is 0 Å². The van der Waals surface area contributed by atoms with Gasteiger partial charge in [0.25, 0.3) is 0 Å². The molecule has 0 aromatic rings. The molecule has 0 fully saturated rings. The molecule has 0 atom stereocenters. The summed E-state index contributed by atoms with van der Waals surface area (Å²) in [5.41, 5.74) is 0. The Balaban J connectivity index is 4.02. The van der Waals surface area contributed by atoms with E-state index in [2.05, 4.69) is 41.7 Å². The fourth-order valence-corrected chi connectivity index (χ4v) is 0. The van der Waals surface area contributed by atoms with Gasteiger partial charge in [0.05, 0.1) is 0 Å². The van der Waals surface area contributed by atoms with Gasteiger partial charge in [-0.3, -0.25) is 0 Å². The summed E-state index contributed by atoms with van der Waals surface area (Å²) in [6.07, 6.45) is 0. The van der Waals surface area contributed by atoms with Gasteiger partial charge in [-0.25, -0.2) is 0 Å². The Morgan fingerprint density at radius 1 is 1.12 bits per heavy atom.